The number of ether oxygens (including phenoxy) is 6. The number of nitrogens with zero attached hydrogens (tertiary/aromatic N) is 3. The Labute approximate surface area is 630 Å². The molecule has 0 unspecified atom stereocenters. The Morgan fingerprint density at radius 3 is 0.941 bits per heavy atom. The third-order valence-corrected chi connectivity index (χ3v) is 13.8. The molecule has 3 fully saturated rings. The molecule has 523 valence electrons. The molecule has 18 nitrogen and oxygen atoms in total. The van der Waals surface area contributed by atoms with Crippen molar-refractivity contribution in [2.24, 2.45) is 17.8 Å². The van der Waals surface area contributed by atoms with Crippen LogP contribution in [0.25, 0.3) is 0 Å². The number of carbonyl (C=O) groups is 7. The van der Waals surface area contributed by atoms with Gasteiger partial charge in [0.15, 0.2) is 5.78 Å². The summed E-state index contributed by atoms with van der Waals surface area (Å²) in [5.74, 6) is -3.38. The molecule has 0 bridgehead atoms. The second-order valence-corrected chi connectivity index (χ2v) is 30.2. The van der Waals surface area contributed by atoms with Crippen molar-refractivity contribution in [1.82, 2.24) is 14.7 Å². The number of likely N-dealkylation sites (tertiary alicyclic amines) is 3. The number of hydrogen-bond acceptors (Lipinski definition) is 15. The first-order valence-corrected chi connectivity index (χ1v) is 32.8. The van der Waals surface area contributed by atoms with Gasteiger partial charge < -0.3 is 38.6 Å². The summed E-state index contributed by atoms with van der Waals surface area (Å²) in [6.07, 6.45) is -2.95. The minimum absolute atomic E-state index is 0.0380. The lowest BCUT2D eigenvalue weighted by Crippen LogP contribution is -2.48. The maximum absolute atomic E-state index is 12.9. The number of esters is 3. The molecule has 3 saturated heterocycles. The van der Waals surface area contributed by atoms with Crippen LogP contribution in [0, 0.1) is 17.8 Å². The molecule has 3 aliphatic rings. The lowest BCUT2D eigenvalue weighted by molar-refractivity contribution is -0.162. The zero-order chi connectivity index (χ0) is 78.8. The van der Waals surface area contributed by atoms with Crippen molar-refractivity contribution in [3.63, 3.8) is 0 Å². The highest BCUT2D eigenvalue weighted by Gasteiger charge is 2.53. The number of rotatable bonds is 15. The summed E-state index contributed by atoms with van der Waals surface area (Å²) in [6.45, 7) is 31.7. The topological polar surface area (TPSA) is 225 Å². The van der Waals surface area contributed by atoms with E-state index in [1.165, 1.54) is 21.8 Å². The monoisotopic (exact) mass is 1370 g/mol. The zero-order valence-corrected chi connectivity index (χ0v) is 61.5. The van der Waals surface area contributed by atoms with Crippen molar-refractivity contribution < 1.29 is 72.2 Å². The molecule has 3 aliphatic heterocycles. The van der Waals surface area contributed by atoms with Crippen LogP contribution in [0.3, 0.4) is 0 Å². The normalized spacial score (nSPS) is 19.3. The van der Waals surface area contributed by atoms with E-state index >= 15 is 0 Å². The molecule has 2 N–H and O–H groups in total. The highest BCUT2D eigenvalue weighted by Crippen LogP contribution is 2.35. The minimum atomic E-state index is -0.994. The second kappa shape index (κ2) is 42.8. The van der Waals surface area contributed by atoms with E-state index in [9.17, 15) is 43.8 Å². The van der Waals surface area contributed by atoms with Crippen LogP contribution in [-0.4, -0.2) is 303 Å². The first-order chi connectivity index (χ1) is 46.7. The van der Waals surface area contributed by atoms with Crippen LogP contribution in [0.2, 0.25) is 0 Å². The summed E-state index contributed by atoms with van der Waals surface area (Å²) < 4.78 is 32.9. The average molecular weight is 1370 g/mol. The van der Waals surface area contributed by atoms with Gasteiger partial charge in [0.05, 0.1) is 37.8 Å². The Morgan fingerprint density at radius 2 is 0.716 bits per heavy atom. The Balaban J connectivity index is 0.000000668. The molecule has 3 heterocycles. The van der Waals surface area contributed by atoms with Gasteiger partial charge >= 0.3 is 36.2 Å². The van der Waals surface area contributed by atoms with Gasteiger partial charge in [-0.15, -0.1) is 6.39 Å². The van der Waals surface area contributed by atoms with E-state index in [1.54, 1.807) is 125 Å². The number of ketones is 1. The lowest BCUT2D eigenvalue weighted by Gasteiger charge is -2.31. The molecule has 8 atom stereocenters. The predicted molar refractivity (Wildman–Crippen MR) is 439 cm³/mol. The van der Waals surface area contributed by atoms with Crippen LogP contribution in [0.5, 0.6) is 0 Å². The molecule has 6 rings (SSSR count). The molecule has 0 saturated carbocycles. The summed E-state index contributed by atoms with van der Waals surface area (Å²) >= 11 is 0. The molecular weight excluding hydrogens is 1270 g/mol. The molecule has 3 aromatic rings. The van der Waals surface area contributed by atoms with Gasteiger partial charge in [0.2, 0.25) is 0 Å². The van der Waals surface area contributed by atoms with Crippen LogP contribution in [0.4, 0.5) is 14.4 Å². The van der Waals surface area contributed by atoms with E-state index in [2.05, 4.69) is 7.06 Å². The Morgan fingerprint density at radius 1 is 0.441 bits per heavy atom. The SMILES string of the molecule is CC(C)(C)OC(=O)[C@@H]1[C@H](Cc2ccccc2)C(=O)CN1C(=O)OC(C)(C)C.CC(C)(C)OC(=O)[C@@H]1[C@H](Cc2ccccc2)[C@@H](O)CN1C(=O)OC(C)(C)C.CC(C)(C)OC(=O)[C@@H]1[C@H](Cc2ccccc2)[C@H](O)CN1C(=O)OC(C)(C)C.[B]B([BH3-])B([B])[B][BH3-].[B]B([B])B([B])[B][BH3-].[B][B]B([B])B([B])[B]. The van der Waals surface area contributed by atoms with Crippen LogP contribution in [0.1, 0.15) is 141 Å². The molecule has 3 amide bonds. The van der Waals surface area contributed by atoms with Crippen molar-refractivity contribution in [3.05, 3.63) is 108 Å². The number of amides is 3. The fourth-order valence-corrected chi connectivity index (χ4v) is 9.55. The third kappa shape index (κ3) is 36.7. The maximum Gasteiger partial charge on any atom is 0.411 e. The molecule has 39 heteroatoms. The number of aliphatic hydroxyl groups excluding tert-OH is 2. The summed E-state index contributed by atoms with van der Waals surface area (Å²) in [6, 6.07) is 25.9. The number of hydrogen-bond donors (Lipinski definition) is 2. The fourth-order valence-electron chi connectivity index (χ4n) is 9.55. The predicted octanol–water partition coefficient (Wildman–Crippen LogP) is -0.696. The highest BCUT2D eigenvalue weighted by atomic mass is 16.6. The van der Waals surface area contributed by atoms with Crippen molar-refractivity contribution in [2.45, 2.75) is 208 Å². The second-order valence-electron chi connectivity index (χ2n) is 30.2. The summed E-state index contributed by atoms with van der Waals surface area (Å²) in [5.41, 5.74) is -1.33. The maximum atomic E-state index is 12.9. The highest BCUT2D eigenvalue weighted by molar-refractivity contribution is 7.82. The van der Waals surface area contributed by atoms with Gasteiger partial charge in [-0.1, -0.05) is 121 Å². The van der Waals surface area contributed by atoms with Gasteiger partial charge in [-0.05, 0) is 212 Å². The Kier molecular flexibility index (Phi) is 39.8. The largest absolute Gasteiger partial charge is 0.458 e. The third-order valence-electron chi connectivity index (χ3n) is 13.8. The van der Waals surface area contributed by atoms with Crippen LogP contribution >= 0.6 is 0 Å². The van der Waals surface area contributed by atoms with Crippen molar-refractivity contribution >= 4 is 194 Å². The van der Waals surface area contributed by atoms with Crippen molar-refractivity contribution in [1.29, 1.82) is 0 Å². The van der Waals surface area contributed by atoms with E-state index in [0.29, 0.717) is 41.1 Å². The number of Topliss-reactive ketones (excluding diaryl/α,β-unsaturated/α-hetero) is 1. The van der Waals surface area contributed by atoms with Crippen LogP contribution in [0.15, 0.2) is 91.0 Å². The fraction of sp³-hybridized carbons (Fsp3) is 0.603. The lowest BCUT2D eigenvalue weighted by atomic mass is 8.76. The van der Waals surface area contributed by atoms with Crippen LogP contribution < -0.4 is 0 Å². The number of aliphatic hydroxyl groups is 2. The van der Waals surface area contributed by atoms with E-state index < -0.39 is 124 Å². The molecular formula is C63H100B21N3O15-3. The Bertz CT molecular complexity index is 2880. The summed E-state index contributed by atoms with van der Waals surface area (Å²) in [4.78, 5) is 93.1. The van der Waals surface area contributed by atoms with Gasteiger partial charge in [-0.25, -0.2) is 28.8 Å². The van der Waals surface area contributed by atoms with E-state index in [1.807, 2.05) is 98.1 Å². The van der Waals surface area contributed by atoms with Gasteiger partial charge in [0, 0.05) is 62.6 Å². The summed E-state index contributed by atoms with van der Waals surface area (Å²) in [7, 11) is 53.7. The number of carbonyl (C=O) groups excluding carboxylic acids is 7. The van der Waals surface area contributed by atoms with Gasteiger partial charge in [-0.2, -0.15) is 14.1 Å². The molecule has 21 radical (unpaired) electrons. The molecule has 0 spiro atoms. The smallest absolute Gasteiger partial charge is 0.411 e. The Hall–Kier alpha value is -5.17. The minimum Gasteiger partial charge on any atom is -0.458 e. The first kappa shape index (κ1) is 94.8. The van der Waals surface area contributed by atoms with Crippen LogP contribution in [-0.2, 0) is 66.9 Å². The molecule has 102 heavy (non-hydrogen) atoms. The van der Waals surface area contributed by atoms with E-state index in [-0.39, 0.29) is 58.7 Å². The number of benzene rings is 3. The van der Waals surface area contributed by atoms with Crippen molar-refractivity contribution in [2.75, 3.05) is 19.6 Å². The molecule has 0 aliphatic carbocycles. The van der Waals surface area contributed by atoms with Gasteiger partial charge in [-0.3, -0.25) is 19.5 Å². The number of β-amino-alcohol motifs (C(OH)–C–C–N with tert-alkyl or cyclic N) is 2. The quantitative estimate of drug-likeness (QED) is 0.109. The van der Waals surface area contributed by atoms with Gasteiger partial charge in [0.1, 0.15) is 51.7 Å². The zero-order valence-electron chi connectivity index (χ0n) is 61.5. The standard InChI is InChI=1S/2C21H31NO5.C21H29NO5.B7H6.B7H3.B7/c3*1-20(2,3)26-18(24)17-15(12-14-10-8-7-9-11-14)16(23)13-22(17)19(25)27-21(4,5)6;3*1-5-7(4)6(2)3/h2*7-11,15-17,23H,12-13H2,1-6H3;7-11,15,17H,12-13H2,1-6H3;1-2H3;1H3;/q;;;-2;-1;/t15-,16+,17+;15-,16-,17+;15-,17+;;;/m111.../s1. The van der Waals surface area contributed by atoms with Crippen molar-refractivity contribution in [3.8, 4) is 0 Å². The molecule has 3 aromatic carbocycles. The summed E-state index contributed by atoms with van der Waals surface area (Å²) in [5, 5.41) is 21.3. The molecule has 0 aromatic heterocycles. The average Bonchev–Trinajstić information content (AvgIpc) is 1.65. The first-order valence-electron chi connectivity index (χ1n) is 32.8. The van der Waals surface area contributed by atoms with Gasteiger partial charge in [0.25, 0.3) is 0 Å². The van der Waals surface area contributed by atoms with E-state index in [0.717, 1.165) is 16.7 Å². The van der Waals surface area contributed by atoms with E-state index in [4.69, 9.17) is 98.1 Å².